The number of benzene rings is 2. The zero-order valence-electron chi connectivity index (χ0n) is 14.1. The first-order chi connectivity index (χ1) is 12.0. The number of hydrogen-bond acceptors (Lipinski definition) is 3. The summed E-state index contributed by atoms with van der Waals surface area (Å²) in [6.45, 7) is 2.91. The van der Waals surface area contributed by atoms with Crippen LogP contribution < -0.4 is 9.21 Å². The first-order valence-corrected chi connectivity index (χ1v) is 10.0. The Kier molecular flexibility index (Phi) is 3.80. The van der Waals surface area contributed by atoms with Crippen molar-refractivity contribution < 1.29 is 13.2 Å². The van der Waals surface area contributed by atoms with Gasteiger partial charge in [0.1, 0.15) is 0 Å². The molecule has 0 radical (unpaired) electrons. The standard InChI is InChI=1S/C19H20N2O3S/c1-2-21(16-8-4-3-5-9-16)25(23,24)17-11-14-7-6-10-20-18(22)13-15(12-17)19(14)20/h3-5,8-9,11-12H,2,6-7,10,13H2,1H3. The zero-order chi connectivity index (χ0) is 17.6. The third-order valence-electron chi connectivity index (χ3n) is 4.90. The van der Waals surface area contributed by atoms with Crippen LogP contribution in [-0.4, -0.2) is 27.4 Å². The minimum Gasteiger partial charge on any atom is -0.312 e. The normalized spacial score (nSPS) is 16.0. The molecule has 1 amide bonds. The molecular formula is C19H20N2O3S. The van der Waals surface area contributed by atoms with Crippen LogP contribution >= 0.6 is 0 Å². The van der Waals surface area contributed by atoms with Crippen molar-refractivity contribution in [1.82, 2.24) is 0 Å². The van der Waals surface area contributed by atoms with Gasteiger partial charge in [-0.15, -0.1) is 0 Å². The van der Waals surface area contributed by atoms with Crippen molar-refractivity contribution in [3.05, 3.63) is 53.6 Å². The predicted octanol–water partition coefficient (Wildman–Crippen LogP) is 2.74. The molecule has 0 fully saturated rings. The number of aryl methyl sites for hydroxylation is 1. The first kappa shape index (κ1) is 16.1. The second-order valence-electron chi connectivity index (χ2n) is 6.42. The Bertz CT molecular complexity index is 939. The van der Waals surface area contributed by atoms with Crippen LogP contribution in [-0.2, 0) is 27.7 Å². The molecular weight excluding hydrogens is 336 g/mol. The van der Waals surface area contributed by atoms with Crippen molar-refractivity contribution >= 4 is 27.3 Å². The van der Waals surface area contributed by atoms with Gasteiger partial charge in [0, 0.05) is 13.1 Å². The second kappa shape index (κ2) is 5.88. The first-order valence-electron chi connectivity index (χ1n) is 8.56. The van der Waals surface area contributed by atoms with Crippen molar-refractivity contribution in [3.8, 4) is 0 Å². The fraction of sp³-hybridized carbons (Fsp3) is 0.316. The second-order valence-corrected chi connectivity index (χ2v) is 8.28. The van der Waals surface area contributed by atoms with E-state index in [2.05, 4.69) is 0 Å². The van der Waals surface area contributed by atoms with Crippen molar-refractivity contribution in [2.24, 2.45) is 0 Å². The molecule has 0 unspecified atom stereocenters. The molecule has 0 spiro atoms. The molecule has 130 valence electrons. The average Bonchev–Trinajstić information content (AvgIpc) is 2.94. The minimum absolute atomic E-state index is 0.0703. The van der Waals surface area contributed by atoms with Crippen LogP contribution in [0.25, 0.3) is 0 Å². The maximum absolute atomic E-state index is 13.2. The van der Waals surface area contributed by atoms with Gasteiger partial charge in [0.05, 0.1) is 22.7 Å². The summed E-state index contributed by atoms with van der Waals surface area (Å²) in [6, 6.07) is 12.6. The third kappa shape index (κ3) is 2.52. The van der Waals surface area contributed by atoms with E-state index >= 15 is 0 Å². The molecule has 2 heterocycles. The predicted molar refractivity (Wildman–Crippen MR) is 97.5 cm³/mol. The number of para-hydroxylation sites is 1. The average molecular weight is 356 g/mol. The molecule has 2 aliphatic rings. The Morgan fingerprint density at radius 3 is 2.56 bits per heavy atom. The lowest BCUT2D eigenvalue weighted by molar-refractivity contribution is -0.117. The molecule has 0 saturated heterocycles. The fourth-order valence-corrected chi connectivity index (χ4v) is 5.39. The number of rotatable bonds is 4. The molecule has 0 atom stereocenters. The van der Waals surface area contributed by atoms with Crippen LogP contribution in [0.5, 0.6) is 0 Å². The molecule has 2 aromatic carbocycles. The number of sulfonamides is 1. The maximum atomic E-state index is 13.2. The van der Waals surface area contributed by atoms with Crippen LogP contribution in [0.2, 0.25) is 0 Å². The molecule has 2 aliphatic heterocycles. The molecule has 0 aliphatic carbocycles. The van der Waals surface area contributed by atoms with Gasteiger partial charge < -0.3 is 4.90 Å². The smallest absolute Gasteiger partial charge is 0.264 e. The molecule has 25 heavy (non-hydrogen) atoms. The van der Waals surface area contributed by atoms with E-state index in [1.807, 2.05) is 25.1 Å². The maximum Gasteiger partial charge on any atom is 0.264 e. The lowest BCUT2D eigenvalue weighted by Crippen LogP contribution is -2.32. The van der Waals surface area contributed by atoms with E-state index < -0.39 is 10.0 Å². The van der Waals surface area contributed by atoms with Crippen molar-refractivity contribution in [3.63, 3.8) is 0 Å². The third-order valence-corrected chi connectivity index (χ3v) is 6.78. The van der Waals surface area contributed by atoms with Crippen molar-refractivity contribution in [2.45, 2.75) is 31.1 Å². The highest BCUT2D eigenvalue weighted by atomic mass is 32.2. The zero-order valence-corrected chi connectivity index (χ0v) is 14.9. The number of nitrogens with zero attached hydrogens (tertiary/aromatic N) is 2. The van der Waals surface area contributed by atoms with Gasteiger partial charge in [0.25, 0.3) is 10.0 Å². The lowest BCUT2D eigenvalue weighted by atomic mass is 10.0. The largest absolute Gasteiger partial charge is 0.312 e. The SMILES string of the molecule is CCN(c1ccccc1)S(=O)(=O)c1cc2c3c(c1)CC(=O)N3CCC2. The van der Waals surface area contributed by atoms with E-state index in [0.717, 1.165) is 36.2 Å². The van der Waals surface area contributed by atoms with E-state index in [-0.39, 0.29) is 10.8 Å². The summed E-state index contributed by atoms with van der Waals surface area (Å²) < 4.78 is 27.9. The fourth-order valence-electron chi connectivity index (χ4n) is 3.81. The summed E-state index contributed by atoms with van der Waals surface area (Å²) in [4.78, 5) is 14.3. The lowest BCUT2D eigenvalue weighted by Gasteiger charge is -2.27. The molecule has 0 aromatic heterocycles. The Morgan fingerprint density at radius 1 is 1.12 bits per heavy atom. The van der Waals surface area contributed by atoms with Crippen molar-refractivity contribution in [2.75, 3.05) is 22.3 Å². The Labute approximate surface area is 147 Å². The van der Waals surface area contributed by atoms with E-state index in [1.165, 1.54) is 4.31 Å². The van der Waals surface area contributed by atoms with Gasteiger partial charge in [0.2, 0.25) is 5.91 Å². The monoisotopic (exact) mass is 356 g/mol. The van der Waals surface area contributed by atoms with E-state index in [1.54, 1.807) is 29.2 Å². The van der Waals surface area contributed by atoms with Crippen LogP contribution in [0.4, 0.5) is 11.4 Å². The summed E-state index contributed by atoms with van der Waals surface area (Å²) in [6.07, 6.45) is 1.98. The van der Waals surface area contributed by atoms with Gasteiger partial charge in [-0.1, -0.05) is 18.2 Å². The molecule has 6 heteroatoms. The van der Waals surface area contributed by atoms with Crippen LogP contribution in [0.15, 0.2) is 47.4 Å². The van der Waals surface area contributed by atoms with Gasteiger partial charge in [-0.05, 0) is 55.2 Å². The van der Waals surface area contributed by atoms with E-state index in [9.17, 15) is 13.2 Å². The molecule has 5 nitrogen and oxygen atoms in total. The quantitative estimate of drug-likeness (QED) is 0.846. The number of carbonyl (C=O) groups is 1. The Hall–Kier alpha value is -2.34. The molecule has 4 rings (SSSR count). The number of hydrogen-bond donors (Lipinski definition) is 0. The van der Waals surface area contributed by atoms with Crippen LogP contribution in [0, 0.1) is 0 Å². The van der Waals surface area contributed by atoms with Crippen LogP contribution in [0.1, 0.15) is 24.5 Å². The topological polar surface area (TPSA) is 57.7 Å². The van der Waals surface area contributed by atoms with Crippen LogP contribution in [0.3, 0.4) is 0 Å². The van der Waals surface area contributed by atoms with Crippen molar-refractivity contribution in [1.29, 1.82) is 0 Å². The summed E-state index contributed by atoms with van der Waals surface area (Å²) in [7, 11) is -3.67. The number of amides is 1. The highest BCUT2D eigenvalue weighted by Gasteiger charge is 2.34. The molecule has 0 bridgehead atoms. The van der Waals surface area contributed by atoms with Gasteiger partial charge >= 0.3 is 0 Å². The summed E-state index contributed by atoms with van der Waals surface area (Å²) in [5.41, 5.74) is 3.40. The summed E-state index contributed by atoms with van der Waals surface area (Å²) in [5, 5.41) is 0. The minimum atomic E-state index is -3.67. The molecule has 2 aromatic rings. The van der Waals surface area contributed by atoms with E-state index in [0.29, 0.717) is 18.7 Å². The molecule has 0 N–H and O–H groups in total. The van der Waals surface area contributed by atoms with Gasteiger partial charge in [-0.25, -0.2) is 8.42 Å². The number of anilines is 2. The Balaban J connectivity index is 1.82. The van der Waals surface area contributed by atoms with Gasteiger partial charge in [0.15, 0.2) is 0 Å². The number of carbonyl (C=O) groups excluding carboxylic acids is 1. The molecule has 0 saturated carbocycles. The van der Waals surface area contributed by atoms with E-state index in [4.69, 9.17) is 0 Å². The highest BCUT2D eigenvalue weighted by molar-refractivity contribution is 7.92. The summed E-state index contributed by atoms with van der Waals surface area (Å²) in [5.74, 6) is 0.0703. The highest BCUT2D eigenvalue weighted by Crippen LogP contribution is 2.39. The van der Waals surface area contributed by atoms with Gasteiger partial charge in [-0.2, -0.15) is 0 Å². The Morgan fingerprint density at radius 2 is 1.84 bits per heavy atom. The van der Waals surface area contributed by atoms with Gasteiger partial charge in [-0.3, -0.25) is 9.10 Å². The summed E-state index contributed by atoms with van der Waals surface area (Å²) >= 11 is 0.